The number of allylic oxidation sites excluding steroid dienone is 4. The van der Waals surface area contributed by atoms with E-state index in [9.17, 15) is 0 Å². The van der Waals surface area contributed by atoms with Crippen molar-refractivity contribution < 1.29 is 4.42 Å². The molecule has 2 heterocycles. The zero-order valence-electron chi connectivity index (χ0n) is 20.8. The van der Waals surface area contributed by atoms with Crippen molar-refractivity contribution in [1.29, 1.82) is 0 Å². The Bertz CT molecular complexity index is 2030. The summed E-state index contributed by atoms with van der Waals surface area (Å²) in [5, 5.41) is 4.74. The molecule has 0 spiro atoms. The van der Waals surface area contributed by atoms with Gasteiger partial charge in [0.25, 0.3) is 0 Å². The fourth-order valence-corrected chi connectivity index (χ4v) is 5.45. The van der Waals surface area contributed by atoms with E-state index in [4.69, 9.17) is 4.42 Å². The fraction of sp³-hybridized carbons (Fsp3) is 0. The Morgan fingerprint density at radius 1 is 0.658 bits per heavy atom. The molecule has 0 saturated carbocycles. The maximum absolute atomic E-state index is 6.24. The molecule has 0 bridgehead atoms. The first-order valence-electron chi connectivity index (χ1n) is 12.8. The Kier molecular flexibility index (Phi) is 5.30. The summed E-state index contributed by atoms with van der Waals surface area (Å²) in [6.45, 7) is 4.08. The van der Waals surface area contributed by atoms with Crippen LogP contribution in [0.3, 0.4) is 0 Å². The largest absolute Gasteiger partial charge is 0.455 e. The molecular weight excluding hydrogens is 462 g/mol. The van der Waals surface area contributed by atoms with E-state index < -0.39 is 0 Å². The van der Waals surface area contributed by atoms with Crippen LogP contribution in [0.5, 0.6) is 0 Å². The minimum atomic E-state index is 0.892. The first kappa shape index (κ1) is 22.1. The lowest BCUT2D eigenvalue weighted by atomic mass is 10.0. The molecule has 7 rings (SSSR count). The molecule has 0 aliphatic heterocycles. The lowest BCUT2D eigenvalue weighted by Gasteiger charge is -2.07. The normalized spacial score (nSPS) is 12.4. The molecule has 0 aliphatic carbocycles. The summed E-state index contributed by atoms with van der Waals surface area (Å²) < 4.78 is 8.58. The molecule has 2 nitrogen and oxygen atoms in total. The molecule has 5 aromatic carbocycles. The van der Waals surface area contributed by atoms with Gasteiger partial charge in [0.1, 0.15) is 11.2 Å². The molecule has 0 amide bonds. The predicted molar refractivity (Wildman–Crippen MR) is 162 cm³/mol. The van der Waals surface area contributed by atoms with Crippen LogP contribution in [0.2, 0.25) is 0 Å². The van der Waals surface area contributed by atoms with Crippen LogP contribution in [0.4, 0.5) is 0 Å². The molecule has 0 saturated heterocycles. The number of hydrogen-bond acceptors (Lipinski definition) is 1. The van der Waals surface area contributed by atoms with Gasteiger partial charge in [0.05, 0.1) is 11.0 Å². The Labute approximate surface area is 221 Å². The highest BCUT2D eigenvalue weighted by molar-refractivity contribution is 6.10. The zero-order chi connectivity index (χ0) is 25.5. The van der Waals surface area contributed by atoms with E-state index in [-0.39, 0.29) is 0 Å². The van der Waals surface area contributed by atoms with Crippen molar-refractivity contribution in [1.82, 2.24) is 4.57 Å². The highest BCUT2D eigenvalue weighted by atomic mass is 16.3. The van der Waals surface area contributed by atoms with Gasteiger partial charge in [-0.15, -0.1) is 0 Å². The number of aromatic nitrogens is 1. The molecule has 0 N–H and O–H groups in total. The number of nitrogens with zero attached hydrogens (tertiary/aromatic N) is 1. The Balaban J connectivity index is 1.30. The van der Waals surface area contributed by atoms with E-state index in [1.54, 1.807) is 0 Å². The summed E-state index contributed by atoms with van der Waals surface area (Å²) >= 11 is 0. The second-order valence-electron chi connectivity index (χ2n) is 9.43. The van der Waals surface area contributed by atoms with Crippen LogP contribution in [0.15, 0.2) is 144 Å². The SMILES string of the molecule is C=CC(=CC=Cc1ccc2c(c1)c1ccccc1n2-c1ccccc1)c1cccc2c1oc1ccccc12. The van der Waals surface area contributed by atoms with Gasteiger partial charge in [-0.3, -0.25) is 0 Å². The lowest BCUT2D eigenvalue weighted by Crippen LogP contribution is -1.92. The summed E-state index contributed by atoms with van der Waals surface area (Å²) in [4.78, 5) is 0. The first-order chi connectivity index (χ1) is 18.8. The fourth-order valence-electron chi connectivity index (χ4n) is 5.45. The van der Waals surface area contributed by atoms with Crippen LogP contribution in [-0.4, -0.2) is 4.57 Å². The van der Waals surface area contributed by atoms with Gasteiger partial charge in [0.15, 0.2) is 0 Å². The quantitative estimate of drug-likeness (QED) is 0.221. The van der Waals surface area contributed by atoms with Crippen LogP contribution >= 0.6 is 0 Å². The predicted octanol–water partition coefficient (Wildman–Crippen LogP) is 9.97. The van der Waals surface area contributed by atoms with Crippen LogP contribution in [0.1, 0.15) is 11.1 Å². The van der Waals surface area contributed by atoms with E-state index in [0.717, 1.165) is 38.6 Å². The number of fused-ring (bicyclic) bond motifs is 6. The number of rotatable bonds is 5. The Morgan fingerprint density at radius 3 is 2.26 bits per heavy atom. The molecule has 0 fully saturated rings. The average Bonchev–Trinajstić information content (AvgIpc) is 3.52. The molecule has 2 aromatic heterocycles. The third-order valence-corrected chi connectivity index (χ3v) is 7.21. The van der Waals surface area contributed by atoms with Gasteiger partial charge in [0, 0.05) is 32.8 Å². The van der Waals surface area contributed by atoms with Crippen LogP contribution in [0, 0.1) is 0 Å². The lowest BCUT2D eigenvalue weighted by molar-refractivity contribution is 0.668. The van der Waals surface area contributed by atoms with Crippen LogP contribution in [-0.2, 0) is 0 Å². The van der Waals surface area contributed by atoms with Gasteiger partial charge in [-0.05, 0) is 47.5 Å². The van der Waals surface area contributed by atoms with Crippen molar-refractivity contribution in [3.63, 3.8) is 0 Å². The monoisotopic (exact) mass is 487 g/mol. The van der Waals surface area contributed by atoms with Gasteiger partial charge < -0.3 is 8.98 Å². The minimum Gasteiger partial charge on any atom is -0.455 e. The molecule has 0 atom stereocenters. The number of para-hydroxylation sites is 4. The highest BCUT2D eigenvalue weighted by Crippen LogP contribution is 2.35. The summed E-state index contributed by atoms with van der Waals surface area (Å²) in [5.41, 5.74) is 8.58. The van der Waals surface area contributed by atoms with E-state index in [1.165, 1.54) is 27.5 Å². The van der Waals surface area contributed by atoms with E-state index in [2.05, 4.69) is 126 Å². The van der Waals surface area contributed by atoms with E-state index in [1.807, 2.05) is 24.3 Å². The number of hydrogen-bond donors (Lipinski definition) is 0. The van der Waals surface area contributed by atoms with Crippen molar-refractivity contribution in [3.8, 4) is 5.69 Å². The third kappa shape index (κ3) is 3.58. The summed E-state index contributed by atoms with van der Waals surface area (Å²) in [6.07, 6.45) is 8.24. The maximum Gasteiger partial charge on any atom is 0.143 e. The smallest absolute Gasteiger partial charge is 0.143 e. The number of furan rings is 1. The van der Waals surface area contributed by atoms with Crippen molar-refractivity contribution in [2.75, 3.05) is 0 Å². The van der Waals surface area contributed by atoms with E-state index >= 15 is 0 Å². The summed E-state index contributed by atoms with van der Waals surface area (Å²) in [5.74, 6) is 0. The molecule has 0 unspecified atom stereocenters. The summed E-state index contributed by atoms with van der Waals surface area (Å²) in [7, 11) is 0. The van der Waals surface area contributed by atoms with Gasteiger partial charge in [-0.2, -0.15) is 0 Å². The molecule has 180 valence electrons. The van der Waals surface area contributed by atoms with Crippen molar-refractivity contribution in [2.24, 2.45) is 0 Å². The molecule has 0 radical (unpaired) electrons. The Hall–Kier alpha value is -5.08. The third-order valence-electron chi connectivity index (χ3n) is 7.21. The topological polar surface area (TPSA) is 18.1 Å². The number of benzene rings is 5. The van der Waals surface area contributed by atoms with Gasteiger partial charge >= 0.3 is 0 Å². The van der Waals surface area contributed by atoms with Crippen molar-refractivity contribution >= 4 is 55.4 Å². The minimum absolute atomic E-state index is 0.892. The van der Waals surface area contributed by atoms with Crippen molar-refractivity contribution in [2.45, 2.75) is 0 Å². The zero-order valence-corrected chi connectivity index (χ0v) is 20.8. The highest BCUT2D eigenvalue weighted by Gasteiger charge is 2.13. The summed E-state index contributed by atoms with van der Waals surface area (Å²) in [6, 6.07) is 40.3. The van der Waals surface area contributed by atoms with Gasteiger partial charge in [-0.25, -0.2) is 0 Å². The van der Waals surface area contributed by atoms with E-state index in [0.29, 0.717) is 0 Å². The van der Waals surface area contributed by atoms with Gasteiger partial charge in [-0.1, -0.05) is 110 Å². The molecule has 38 heavy (non-hydrogen) atoms. The second-order valence-corrected chi connectivity index (χ2v) is 9.43. The second kappa shape index (κ2) is 9.10. The average molecular weight is 488 g/mol. The van der Waals surface area contributed by atoms with Gasteiger partial charge in [0.2, 0.25) is 0 Å². The van der Waals surface area contributed by atoms with Crippen LogP contribution < -0.4 is 0 Å². The molecule has 2 heteroatoms. The van der Waals surface area contributed by atoms with Crippen molar-refractivity contribution in [3.05, 3.63) is 151 Å². The standard InChI is InChI=1S/C36H25NO/c1-2-26(28-18-11-19-31-30-17-7-9-21-35(30)38-36(28)31)13-10-12-25-22-23-34-32(24-25)29-16-6-8-20-33(29)37(34)27-14-4-3-5-15-27/h2-24H,1H2. The molecule has 0 aliphatic rings. The first-order valence-corrected chi connectivity index (χ1v) is 12.8. The Morgan fingerprint density at radius 2 is 1.39 bits per heavy atom. The molecule has 7 aromatic rings. The molecular formula is C36H25NO. The van der Waals surface area contributed by atoms with Crippen LogP contribution in [0.25, 0.3) is 61.1 Å². The maximum atomic E-state index is 6.24.